The van der Waals surface area contributed by atoms with E-state index in [2.05, 4.69) is 10.3 Å². The van der Waals surface area contributed by atoms with Gasteiger partial charge in [0.2, 0.25) is 5.91 Å². The summed E-state index contributed by atoms with van der Waals surface area (Å²) in [6.45, 7) is 1.90. The van der Waals surface area contributed by atoms with E-state index in [1.807, 2.05) is 6.07 Å². The zero-order valence-electron chi connectivity index (χ0n) is 15.9. The number of fused-ring (bicyclic) bond motifs is 1. The van der Waals surface area contributed by atoms with Gasteiger partial charge in [-0.05, 0) is 24.3 Å². The van der Waals surface area contributed by atoms with Gasteiger partial charge in [0, 0.05) is 30.2 Å². The molecule has 1 aromatic carbocycles. The van der Waals surface area contributed by atoms with E-state index in [0.717, 1.165) is 5.69 Å². The van der Waals surface area contributed by atoms with Crippen LogP contribution in [0.1, 0.15) is 0 Å². The van der Waals surface area contributed by atoms with Crippen molar-refractivity contribution in [1.29, 1.82) is 0 Å². The molecule has 2 aliphatic rings. The monoisotopic (exact) mass is 426 g/mol. The molecule has 30 heavy (non-hydrogen) atoms. The largest absolute Gasteiger partial charge is 0.486 e. The van der Waals surface area contributed by atoms with Gasteiger partial charge in [-0.25, -0.2) is 9.78 Å². The Bertz CT molecular complexity index is 1080. The molecule has 1 fully saturated rings. The topological polar surface area (TPSA) is 97.1 Å². The van der Waals surface area contributed by atoms with E-state index in [1.54, 1.807) is 40.8 Å². The minimum absolute atomic E-state index is 0.0461. The average molecular weight is 426 g/mol. The third-order valence-electron chi connectivity index (χ3n) is 4.79. The molecule has 1 N–H and O–H groups in total. The first kappa shape index (κ1) is 18.5. The Morgan fingerprint density at radius 2 is 2.03 bits per heavy atom. The second-order valence-corrected chi connectivity index (χ2v) is 7.61. The molecule has 154 valence electrons. The third-order valence-corrected chi connectivity index (χ3v) is 5.55. The molecule has 5 rings (SSSR count). The number of aromatic nitrogens is 1. The lowest BCUT2D eigenvalue weighted by Crippen LogP contribution is -2.37. The Morgan fingerprint density at radius 3 is 2.87 bits per heavy atom. The fourth-order valence-electron chi connectivity index (χ4n) is 3.37. The van der Waals surface area contributed by atoms with E-state index >= 15 is 0 Å². The van der Waals surface area contributed by atoms with Crippen molar-refractivity contribution in [2.45, 2.75) is 0 Å². The molecule has 2 aliphatic heterocycles. The summed E-state index contributed by atoms with van der Waals surface area (Å²) in [6.07, 6.45) is 1.57. The number of nitrogens with zero attached hydrogens (tertiary/aromatic N) is 3. The number of ether oxygens (including phenoxy) is 2. The first-order valence-corrected chi connectivity index (χ1v) is 10.3. The Labute approximate surface area is 175 Å². The van der Waals surface area contributed by atoms with Gasteiger partial charge in [0.15, 0.2) is 22.4 Å². The number of rotatable bonds is 5. The van der Waals surface area contributed by atoms with Gasteiger partial charge in [-0.15, -0.1) is 11.3 Å². The summed E-state index contributed by atoms with van der Waals surface area (Å²) >= 11 is 1.30. The average Bonchev–Trinajstić information content (AvgIpc) is 3.50. The molecule has 4 heterocycles. The van der Waals surface area contributed by atoms with Crippen LogP contribution < -0.4 is 19.7 Å². The van der Waals surface area contributed by atoms with Gasteiger partial charge in [-0.3, -0.25) is 9.69 Å². The summed E-state index contributed by atoms with van der Waals surface area (Å²) in [5.41, 5.74) is 1.37. The van der Waals surface area contributed by atoms with E-state index in [1.165, 1.54) is 16.2 Å². The molecule has 0 spiro atoms. The number of benzene rings is 1. The number of urea groups is 1. The summed E-state index contributed by atoms with van der Waals surface area (Å²) in [6, 6.07) is 8.76. The highest BCUT2D eigenvalue weighted by atomic mass is 32.1. The SMILES string of the molecule is O=C(CN1CCN(c2ccc3c(c2)OCCO3)C1=O)Nc1nc(-c2ccco2)cs1. The van der Waals surface area contributed by atoms with Gasteiger partial charge in [0.25, 0.3) is 0 Å². The zero-order chi connectivity index (χ0) is 20.5. The number of hydrogen-bond donors (Lipinski definition) is 1. The Morgan fingerprint density at radius 1 is 1.17 bits per heavy atom. The van der Waals surface area contributed by atoms with Crippen molar-refractivity contribution in [3.8, 4) is 23.0 Å². The summed E-state index contributed by atoms with van der Waals surface area (Å²) in [7, 11) is 0. The summed E-state index contributed by atoms with van der Waals surface area (Å²) < 4.78 is 16.4. The lowest BCUT2D eigenvalue weighted by molar-refractivity contribution is -0.116. The van der Waals surface area contributed by atoms with Crippen molar-refractivity contribution in [1.82, 2.24) is 9.88 Å². The Hall–Kier alpha value is -3.53. The fourth-order valence-corrected chi connectivity index (χ4v) is 4.09. The molecule has 1 saturated heterocycles. The maximum atomic E-state index is 12.8. The number of furan rings is 1. The first-order chi connectivity index (χ1) is 14.7. The van der Waals surface area contributed by atoms with Gasteiger partial charge >= 0.3 is 6.03 Å². The number of nitrogens with one attached hydrogen (secondary N) is 1. The number of thiazole rings is 1. The highest BCUT2D eigenvalue weighted by Crippen LogP contribution is 2.35. The van der Waals surface area contributed by atoms with Crippen LogP contribution >= 0.6 is 11.3 Å². The van der Waals surface area contributed by atoms with Crippen LogP contribution in [-0.4, -0.2) is 54.7 Å². The van der Waals surface area contributed by atoms with Crippen LogP contribution in [-0.2, 0) is 4.79 Å². The quantitative estimate of drug-likeness (QED) is 0.674. The van der Waals surface area contributed by atoms with Gasteiger partial charge < -0.3 is 24.1 Å². The van der Waals surface area contributed by atoms with Gasteiger partial charge in [0.1, 0.15) is 25.5 Å². The van der Waals surface area contributed by atoms with Crippen molar-refractivity contribution in [2.24, 2.45) is 0 Å². The molecule has 9 nitrogen and oxygen atoms in total. The maximum absolute atomic E-state index is 12.8. The number of carbonyl (C=O) groups is 2. The standard InChI is InChI=1S/C20H18N4O5S/c25-18(22-19-21-14(12-30-19)15-2-1-7-27-15)11-23-5-6-24(20(23)26)13-3-4-16-17(10-13)29-9-8-28-16/h1-4,7,10,12H,5-6,8-9,11H2,(H,21,22,25). The van der Waals surface area contributed by atoms with Crippen LogP contribution in [0.2, 0.25) is 0 Å². The van der Waals surface area contributed by atoms with E-state index in [9.17, 15) is 9.59 Å². The van der Waals surface area contributed by atoms with Crippen molar-refractivity contribution in [3.63, 3.8) is 0 Å². The molecule has 3 amide bonds. The summed E-state index contributed by atoms with van der Waals surface area (Å²) in [5, 5.41) is 5.01. The molecule has 0 bridgehead atoms. The Balaban J connectivity index is 1.21. The van der Waals surface area contributed by atoms with Crippen LogP contribution in [0.3, 0.4) is 0 Å². The highest BCUT2D eigenvalue weighted by Gasteiger charge is 2.31. The van der Waals surface area contributed by atoms with E-state index < -0.39 is 0 Å². The second kappa shape index (κ2) is 7.71. The predicted octanol–water partition coefficient (Wildman–Crippen LogP) is 3.06. The van der Waals surface area contributed by atoms with Crippen molar-refractivity contribution in [3.05, 3.63) is 42.0 Å². The molecule has 2 aromatic heterocycles. The minimum atomic E-state index is -0.298. The molecular weight excluding hydrogens is 408 g/mol. The lowest BCUT2D eigenvalue weighted by Gasteiger charge is -2.22. The highest BCUT2D eigenvalue weighted by molar-refractivity contribution is 7.14. The van der Waals surface area contributed by atoms with Gasteiger partial charge in [0.05, 0.1) is 6.26 Å². The van der Waals surface area contributed by atoms with Crippen molar-refractivity contribution in [2.75, 3.05) is 43.1 Å². The van der Waals surface area contributed by atoms with Crippen LogP contribution in [0, 0.1) is 0 Å². The van der Waals surface area contributed by atoms with E-state index in [-0.39, 0.29) is 18.5 Å². The number of carbonyl (C=O) groups excluding carboxylic acids is 2. The molecule has 0 unspecified atom stereocenters. The zero-order valence-corrected chi connectivity index (χ0v) is 16.7. The van der Waals surface area contributed by atoms with Crippen LogP contribution in [0.5, 0.6) is 11.5 Å². The molecule has 0 atom stereocenters. The molecule has 0 aliphatic carbocycles. The first-order valence-electron chi connectivity index (χ1n) is 9.43. The van der Waals surface area contributed by atoms with Gasteiger partial charge in [-0.1, -0.05) is 0 Å². The molecule has 10 heteroatoms. The summed E-state index contributed by atoms with van der Waals surface area (Å²) in [4.78, 5) is 32.7. The fraction of sp³-hybridized carbons (Fsp3) is 0.250. The normalized spacial score (nSPS) is 15.5. The van der Waals surface area contributed by atoms with Gasteiger partial charge in [-0.2, -0.15) is 0 Å². The van der Waals surface area contributed by atoms with E-state index in [0.29, 0.717) is 54.4 Å². The van der Waals surface area contributed by atoms with Crippen LogP contribution in [0.25, 0.3) is 11.5 Å². The smallest absolute Gasteiger partial charge is 0.325 e. The number of anilines is 2. The van der Waals surface area contributed by atoms with Crippen molar-refractivity contribution < 1.29 is 23.5 Å². The molecular formula is C20H18N4O5S. The molecule has 3 aromatic rings. The summed E-state index contributed by atoms with van der Waals surface area (Å²) in [5.74, 6) is 1.63. The van der Waals surface area contributed by atoms with Crippen molar-refractivity contribution >= 4 is 34.1 Å². The maximum Gasteiger partial charge on any atom is 0.325 e. The Kier molecular flexibility index (Phi) is 4.75. The van der Waals surface area contributed by atoms with E-state index in [4.69, 9.17) is 13.9 Å². The third kappa shape index (κ3) is 3.57. The number of amides is 3. The number of hydrogen-bond acceptors (Lipinski definition) is 7. The second-order valence-electron chi connectivity index (χ2n) is 6.75. The lowest BCUT2D eigenvalue weighted by atomic mass is 10.2. The predicted molar refractivity (Wildman–Crippen MR) is 110 cm³/mol. The van der Waals surface area contributed by atoms with Crippen LogP contribution in [0.15, 0.2) is 46.4 Å². The van der Waals surface area contributed by atoms with Crippen LogP contribution in [0.4, 0.5) is 15.6 Å². The minimum Gasteiger partial charge on any atom is -0.486 e. The molecule has 0 radical (unpaired) electrons. The molecule has 0 saturated carbocycles.